The minimum atomic E-state index is -0.402. The Bertz CT molecular complexity index is 710. The maximum absolute atomic E-state index is 12.2. The summed E-state index contributed by atoms with van der Waals surface area (Å²) in [6.07, 6.45) is 0. The van der Waals surface area contributed by atoms with Gasteiger partial charge in [0.25, 0.3) is 11.5 Å². The van der Waals surface area contributed by atoms with E-state index in [1.54, 1.807) is 24.3 Å². The predicted molar refractivity (Wildman–Crippen MR) is 82.7 cm³/mol. The molecule has 1 heterocycles. The summed E-state index contributed by atoms with van der Waals surface area (Å²) in [5, 5.41) is 7.21. The summed E-state index contributed by atoms with van der Waals surface area (Å²) in [5.41, 5.74) is 0.459. The van der Waals surface area contributed by atoms with Crippen LogP contribution < -0.4 is 10.9 Å². The van der Waals surface area contributed by atoms with Crippen molar-refractivity contribution in [1.82, 2.24) is 9.78 Å². The molecule has 5 nitrogen and oxygen atoms in total. The molecule has 0 bridgehead atoms. The molecule has 0 aliphatic carbocycles. The second-order valence-corrected chi connectivity index (χ2v) is 5.47. The third kappa shape index (κ3) is 3.92. The van der Waals surface area contributed by atoms with Crippen LogP contribution in [0.1, 0.15) is 24.3 Å². The van der Waals surface area contributed by atoms with E-state index in [9.17, 15) is 9.59 Å². The number of halogens is 1. The fraction of sp³-hybridized carbons (Fsp3) is 0.267. The molecular formula is C15H16ClN3O2. The number of benzene rings is 1. The molecule has 1 aromatic carbocycles. The lowest BCUT2D eigenvalue weighted by Gasteiger charge is -2.10. The van der Waals surface area contributed by atoms with Crippen molar-refractivity contribution in [2.75, 3.05) is 5.32 Å². The number of anilines is 1. The molecule has 0 aliphatic heterocycles. The van der Waals surface area contributed by atoms with Crippen molar-refractivity contribution in [3.05, 3.63) is 57.5 Å². The van der Waals surface area contributed by atoms with Gasteiger partial charge >= 0.3 is 0 Å². The molecule has 0 saturated heterocycles. The summed E-state index contributed by atoms with van der Waals surface area (Å²) in [5.74, 6) is -0.141. The number of hydrogen-bond donors (Lipinski definition) is 1. The van der Waals surface area contributed by atoms with Gasteiger partial charge in [-0.3, -0.25) is 9.59 Å². The number of amides is 1. The molecule has 0 saturated carbocycles. The number of nitrogens with one attached hydrogen (secondary N) is 1. The zero-order chi connectivity index (χ0) is 15.4. The molecule has 6 heteroatoms. The molecule has 0 radical (unpaired) electrons. The van der Waals surface area contributed by atoms with E-state index in [1.165, 1.54) is 16.8 Å². The van der Waals surface area contributed by atoms with Gasteiger partial charge in [0, 0.05) is 12.6 Å². The monoisotopic (exact) mass is 305 g/mol. The van der Waals surface area contributed by atoms with Crippen molar-refractivity contribution in [3.8, 4) is 0 Å². The Morgan fingerprint density at radius 2 is 2.00 bits per heavy atom. The van der Waals surface area contributed by atoms with Crippen molar-refractivity contribution in [2.45, 2.75) is 20.4 Å². The average Bonchev–Trinajstić information content (AvgIpc) is 2.43. The van der Waals surface area contributed by atoms with E-state index < -0.39 is 5.91 Å². The Morgan fingerprint density at radius 1 is 1.29 bits per heavy atom. The van der Waals surface area contributed by atoms with Crippen LogP contribution >= 0.6 is 11.6 Å². The molecular weight excluding hydrogens is 290 g/mol. The van der Waals surface area contributed by atoms with Crippen LogP contribution in [0.15, 0.2) is 41.2 Å². The Hall–Kier alpha value is -2.14. The van der Waals surface area contributed by atoms with Crippen LogP contribution in [0.2, 0.25) is 5.02 Å². The Balaban J connectivity index is 2.24. The van der Waals surface area contributed by atoms with Crippen LogP contribution in [0, 0.1) is 5.92 Å². The van der Waals surface area contributed by atoms with Crippen molar-refractivity contribution >= 4 is 23.2 Å². The van der Waals surface area contributed by atoms with E-state index in [4.69, 9.17) is 11.6 Å². The normalized spacial score (nSPS) is 10.7. The van der Waals surface area contributed by atoms with Crippen LogP contribution in [0.5, 0.6) is 0 Å². The second-order valence-electron chi connectivity index (χ2n) is 5.07. The van der Waals surface area contributed by atoms with Gasteiger partial charge in [-0.1, -0.05) is 37.6 Å². The van der Waals surface area contributed by atoms with Crippen molar-refractivity contribution in [3.63, 3.8) is 0 Å². The molecule has 2 aromatic rings. The summed E-state index contributed by atoms with van der Waals surface area (Å²) in [6, 6.07) is 9.69. The highest BCUT2D eigenvalue weighted by Gasteiger charge is 2.12. The number of carbonyl (C=O) groups is 1. The van der Waals surface area contributed by atoms with Gasteiger partial charge in [-0.25, -0.2) is 4.68 Å². The van der Waals surface area contributed by atoms with Crippen LogP contribution in [0.25, 0.3) is 0 Å². The standard InChI is InChI=1S/C15H16ClN3O2/c1-10(2)9-19-14(20)8-7-13(18-19)15(21)17-12-6-4-3-5-11(12)16/h3-8,10H,9H2,1-2H3,(H,17,21). The summed E-state index contributed by atoms with van der Waals surface area (Å²) >= 11 is 5.99. The Kier molecular flexibility index (Phi) is 4.75. The number of nitrogens with zero attached hydrogens (tertiary/aromatic N) is 2. The summed E-state index contributed by atoms with van der Waals surface area (Å²) in [4.78, 5) is 23.9. The van der Waals surface area contributed by atoms with E-state index in [0.717, 1.165) is 0 Å². The third-order valence-electron chi connectivity index (χ3n) is 2.76. The zero-order valence-corrected chi connectivity index (χ0v) is 12.6. The van der Waals surface area contributed by atoms with Crippen LogP contribution in [0.4, 0.5) is 5.69 Å². The van der Waals surface area contributed by atoms with E-state index in [-0.39, 0.29) is 17.2 Å². The fourth-order valence-electron chi connectivity index (χ4n) is 1.80. The first-order valence-corrected chi connectivity index (χ1v) is 6.99. The first-order chi connectivity index (χ1) is 9.97. The van der Waals surface area contributed by atoms with Crippen LogP contribution in [0.3, 0.4) is 0 Å². The SMILES string of the molecule is CC(C)Cn1nc(C(=O)Nc2ccccc2Cl)ccc1=O. The highest BCUT2D eigenvalue weighted by molar-refractivity contribution is 6.33. The van der Waals surface area contributed by atoms with Crippen molar-refractivity contribution in [1.29, 1.82) is 0 Å². The Morgan fingerprint density at radius 3 is 2.67 bits per heavy atom. The van der Waals surface area contributed by atoms with Gasteiger partial charge in [-0.15, -0.1) is 0 Å². The topological polar surface area (TPSA) is 64.0 Å². The largest absolute Gasteiger partial charge is 0.319 e. The first-order valence-electron chi connectivity index (χ1n) is 6.61. The number of carbonyl (C=O) groups excluding carboxylic acids is 1. The average molecular weight is 306 g/mol. The van der Waals surface area contributed by atoms with E-state index in [2.05, 4.69) is 10.4 Å². The third-order valence-corrected chi connectivity index (χ3v) is 3.09. The zero-order valence-electron chi connectivity index (χ0n) is 11.8. The first kappa shape index (κ1) is 15.3. The van der Waals surface area contributed by atoms with Crippen LogP contribution in [-0.4, -0.2) is 15.7 Å². The molecule has 0 aliphatic rings. The molecule has 1 aromatic heterocycles. The van der Waals surface area contributed by atoms with E-state index >= 15 is 0 Å². The van der Waals surface area contributed by atoms with Gasteiger partial charge in [0.05, 0.1) is 10.7 Å². The summed E-state index contributed by atoms with van der Waals surface area (Å²) in [7, 11) is 0. The van der Waals surface area contributed by atoms with Gasteiger partial charge < -0.3 is 5.32 Å². The minimum absolute atomic E-state index is 0.176. The quantitative estimate of drug-likeness (QED) is 0.944. The smallest absolute Gasteiger partial charge is 0.276 e. The van der Waals surface area contributed by atoms with Gasteiger partial charge in [0.2, 0.25) is 0 Å². The molecule has 21 heavy (non-hydrogen) atoms. The van der Waals surface area contributed by atoms with Crippen molar-refractivity contribution < 1.29 is 4.79 Å². The number of para-hydroxylation sites is 1. The maximum Gasteiger partial charge on any atom is 0.276 e. The van der Waals surface area contributed by atoms with Crippen LogP contribution in [-0.2, 0) is 6.54 Å². The van der Waals surface area contributed by atoms with Gasteiger partial charge in [-0.2, -0.15) is 5.10 Å². The Labute approximate surface area is 127 Å². The lowest BCUT2D eigenvalue weighted by atomic mass is 10.2. The van der Waals surface area contributed by atoms with Gasteiger partial charge in [0.15, 0.2) is 0 Å². The molecule has 0 unspecified atom stereocenters. The molecule has 2 rings (SSSR count). The summed E-state index contributed by atoms with van der Waals surface area (Å²) < 4.78 is 1.30. The highest BCUT2D eigenvalue weighted by Crippen LogP contribution is 2.20. The highest BCUT2D eigenvalue weighted by atomic mass is 35.5. The number of hydrogen-bond acceptors (Lipinski definition) is 3. The van der Waals surface area contributed by atoms with Crippen molar-refractivity contribution in [2.24, 2.45) is 5.92 Å². The molecule has 0 fully saturated rings. The van der Waals surface area contributed by atoms with E-state index in [1.807, 2.05) is 13.8 Å². The lowest BCUT2D eigenvalue weighted by molar-refractivity contribution is 0.101. The minimum Gasteiger partial charge on any atom is -0.319 e. The number of rotatable bonds is 4. The molecule has 0 atom stereocenters. The summed E-state index contributed by atoms with van der Waals surface area (Å²) in [6.45, 7) is 4.42. The fourth-order valence-corrected chi connectivity index (χ4v) is 1.98. The molecule has 1 N–H and O–H groups in total. The molecule has 110 valence electrons. The molecule has 1 amide bonds. The number of aromatic nitrogens is 2. The maximum atomic E-state index is 12.2. The molecule has 0 spiro atoms. The van der Waals surface area contributed by atoms with Gasteiger partial charge in [0.1, 0.15) is 5.69 Å². The lowest BCUT2D eigenvalue weighted by Crippen LogP contribution is -2.27. The van der Waals surface area contributed by atoms with E-state index in [0.29, 0.717) is 17.3 Å². The predicted octanol–water partition coefficient (Wildman–Crippen LogP) is 2.81. The second kappa shape index (κ2) is 6.54. The van der Waals surface area contributed by atoms with Gasteiger partial charge in [-0.05, 0) is 24.1 Å².